The van der Waals surface area contributed by atoms with Gasteiger partial charge in [0.1, 0.15) is 17.3 Å². The van der Waals surface area contributed by atoms with E-state index in [0.717, 1.165) is 15.3 Å². The lowest BCUT2D eigenvalue weighted by Crippen LogP contribution is -2.44. The molecule has 2 aromatic heterocycles. The van der Waals surface area contributed by atoms with Crippen LogP contribution in [0.1, 0.15) is 16.3 Å². The second-order valence-electron chi connectivity index (χ2n) is 6.38. The summed E-state index contributed by atoms with van der Waals surface area (Å²) in [6.45, 7) is 4.41. The smallest absolute Gasteiger partial charge is 0.264 e. The van der Waals surface area contributed by atoms with Gasteiger partial charge in [-0.3, -0.25) is 9.59 Å². The number of thiophene rings is 1. The fraction of sp³-hybridized carbons (Fsp3) is 0.316. The number of nitrogens with one attached hydrogen (secondary N) is 2. The molecule has 1 aromatic carbocycles. The van der Waals surface area contributed by atoms with E-state index in [9.17, 15) is 9.59 Å². The molecule has 0 fully saturated rings. The highest BCUT2D eigenvalue weighted by Gasteiger charge is 2.26. The number of aromatic nitrogens is 2. The second kappa shape index (κ2) is 7.03. The highest BCUT2D eigenvalue weighted by atomic mass is 32.1. The van der Waals surface area contributed by atoms with Crippen molar-refractivity contribution < 1.29 is 14.3 Å². The minimum atomic E-state index is -0.697. The zero-order valence-electron chi connectivity index (χ0n) is 15.0. The summed E-state index contributed by atoms with van der Waals surface area (Å²) in [6, 6.07) is 7.25. The number of H-pyrrole nitrogens is 1. The molecule has 1 aliphatic heterocycles. The van der Waals surface area contributed by atoms with Gasteiger partial charge in [0.15, 0.2) is 11.5 Å². The van der Waals surface area contributed by atoms with Gasteiger partial charge in [-0.05, 0) is 31.5 Å². The Morgan fingerprint density at radius 3 is 2.93 bits per heavy atom. The molecule has 0 radical (unpaired) electrons. The minimum Gasteiger partial charge on any atom is -0.485 e. The Morgan fingerprint density at radius 2 is 2.11 bits per heavy atom. The number of fused-ring (bicyclic) bond motifs is 2. The molecule has 140 valence electrons. The molecule has 1 unspecified atom stereocenters. The monoisotopic (exact) mass is 385 g/mol. The molecule has 3 heterocycles. The normalized spacial score (nSPS) is 15.7. The second-order valence-corrected chi connectivity index (χ2v) is 7.58. The summed E-state index contributed by atoms with van der Waals surface area (Å²) in [5, 5.41) is 3.46. The first-order valence-corrected chi connectivity index (χ1v) is 9.49. The molecule has 1 amide bonds. The maximum absolute atomic E-state index is 12.3. The number of ether oxygens (including phenoxy) is 2. The fourth-order valence-electron chi connectivity index (χ4n) is 2.98. The van der Waals surface area contributed by atoms with Gasteiger partial charge in [-0.15, -0.1) is 11.3 Å². The van der Waals surface area contributed by atoms with Gasteiger partial charge in [0.2, 0.25) is 6.10 Å². The van der Waals surface area contributed by atoms with Crippen LogP contribution in [0.2, 0.25) is 0 Å². The SMILES string of the molecule is Cc1sc2nc(CCNC(=O)C3COc4ccccc4O3)[nH]c(=O)c2c1C. The molecule has 7 nitrogen and oxygen atoms in total. The van der Waals surface area contributed by atoms with Crippen molar-refractivity contribution in [3.8, 4) is 11.5 Å². The zero-order chi connectivity index (χ0) is 19.0. The average molecular weight is 385 g/mol. The zero-order valence-corrected chi connectivity index (χ0v) is 15.8. The molecule has 0 spiro atoms. The first-order chi connectivity index (χ1) is 13.0. The molecule has 0 bridgehead atoms. The van der Waals surface area contributed by atoms with E-state index in [4.69, 9.17) is 9.47 Å². The van der Waals surface area contributed by atoms with Crippen LogP contribution in [0.3, 0.4) is 0 Å². The third-order valence-corrected chi connectivity index (χ3v) is 5.65. The predicted octanol–water partition coefficient (Wildman–Crippen LogP) is 2.10. The van der Waals surface area contributed by atoms with Crippen LogP contribution < -0.4 is 20.3 Å². The number of amides is 1. The maximum Gasteiger partial charge on any atom is 0.264 e. The summed E-state index contributed by atoms with van der Waals surface area (Å²) in [5.74, 6) is 1.50. The lowest BCUT2D eigenvalue weighted by molar-refractivity contribution is -0.130. The third kappa shape index (κ3) is 3.40. The minimum absolute atomic E-state index is 0.135. The average Bonchev–Trinajstić information content (AvgIpc) is 2.95. The van der Waals surface area contributed by atoms with E-state index in [0.29, 0.717) is 35.7 Å². The summed E-state index contributed by atoms with van der Waals surface area (Å²) in [6.07, 6.45) is -0.270. The van der Waals surface area contributed by atoms with Crippen molar-refractivity contribution in [3.63, 3.8) is 0 Å². The van der Waals surface area contributed by atoms with Crippen molar-refractivity contribution in [3.05, 3.63) is 50.9 Å². The van der Waals surface area contributed by atoms with Gasteiger partial charge >= 0.3 is 0 Å². The van der Waals surface area contributed by atoms with E-state index in [1.165, 1.54) is 11.3 Å². The van der Waals surface area contributed by atoms with E-state index >= 15 is 0 Å². The lowest BCUT2D eigenvalue weighted by Gasteiger charge is -2.25. The quantitative estimate of drug-likeness (QED) is 0.717. The van der Waals surface area contributed by atoms with Gasteiger partial charge in [-0.1, -0.05) is 12.1 Å². The Kier molecular flexibility index (Phi) is 4.57. The fourth-order valence-corrected chi connectivity index (χ4v) is 4.03. The van der Waals surface area contributed by atoms with Crippen molar-refractivity contribution in [2.45, 2.75) is 26.4 Å². The van der Waals surface area contributed by atoms with Crippen molar-refractivity contribution in [1.82, 2.24) is 15.3 Å². The molecule has 0 aliphatic carbocycles. The van der Waals surface area contributed by atoms with Crippen molar-refractivity contribution in [2.75, 3.05) is 13.2 Å². The highest BCUT2D eigenvalue weighted by Crippen LogP contribution is 2.30. The molecule has 1 aliphatic rings. The Hall–Kier alpha value is -2.87. The summed E-state index contributed by atoms with van der Waals surface area (Å²) in [7, 11) is 0. The van der Waals surface area contributed by atoms with Gasteiger partial charge in [0.25, 0.3) is 11.5 Å². The van der Waals surface area contributed by atoms with Crippen molar-refractivity contribution >= 4 is 27.5 Å². The van der Waals surface area contributed by atoms with Crippen LogP contribution in [0.5, 0.6) is 11.5 Å². The van der Waals surface area contributed by atoms with Gasteiger partial charge in [-0.25, -0.2) is 4.98 Å². The van der Waals surface area contributed by atoms with Crippen LogP contribution in [0, 0.1) is 13.8 Å². The number of carbonyl (C=O) groups is 1. The summed E-state index contributed by atoms with van der Waals surface area (Å²) < 4.78 is 11.2. The van der Waals surface area contributed by atoms with E-state index in [1.807, 2.05) is 26.0 Å². The summed E-state index contributed by atoms with van der Waals surface area (Å²) in [5.41, 5.74) is 0.835. The number of hydrogen-bond acceptors (Lipinski definition) is 6. The largest absolute Gasteiger partial charge is 0.485 e. The van der Waals surface area contributed by atoms with E-state index < -0.39 is 6.10 Å². The van der Waals surface area contributed by atoms with Crippen LogP contribution in [-0.2, 0) is 11.2 Å². The summed E-state index contributed by atoms with van der Waals surface area (Å²) >= 11 is 1.51. The molecular weight excluding hydrogens is 366 g/mol. The van der Waals surface area contributed by atoms with Crippen LogP contribution in [0.15, 0.2) is 29.1 Å². The highest BCUT2D eigenvalue weighted by molar-refractivity contribution is 7.18. The predicted molar refractivity (Wildman–Crippen MR) is 103 cm³/mol. The molecule has 3 aromatic rings. The molecule has 0 saturated heterocycles. The van der Waals surface area contributed by atoms with Gasteiger partial charge in [-0.2, -0.15) is 0 Å². The Balaban J connectivity index is 1.38. The van der Waals surface area contributed by atoms with Crippen molar-refractivity contribution in [2.24, 2.45) is 0 Å². The molecule has 8 heteroatoms. The molecule has 1 atom stereocenters. The molecule has 27 heavy (non-hydrogen) atoms. The number of hydrogen-bond donors (Lipinski definition) is 2. The molecule has 4 rings (SSSR count). The third-order valence-electron chi connectivity index (χ3n) is 4.55. The number of nitrogens with zero attached hydrogens (tertiary/aromatic N) is 1. The lowest BCUT2D eigenvalue weighted by atomic mass is 10.2. The standard InChI is InChI=1S/C19H19N3O4S/c1-10-11(2)27-19-16(10)18(24)21-15(22-19)7-8-20-17(23)14-9-25-12-5-3-4-6-13(12)26-14/h3-6,14H,7-9H2,1-2H3,(H,20,23)(H,21,22,24). The van der Waals surface area contributed by atoms with E-state index in [-0.39, 0.29) is 18.1 Å². The number of aryl methyl sites for hydroxylation is 2. The van der Waals surface area contributed by atoms with Crippen LogP contribution in [0.4, 0.5) is 0 Å². The maximum atomic E-state index is 12.3. The molecule has 0 saturated carbocycles. The molecule has 2 N–H and O–H groups in total. The number of carbonyl (C=O) groups excluding carboxylic acids is 1. The Labute approximate surface area is 159 Å². The number of rotatable bonds is 4. The number of aromatic amines is 1. The van der Waals surface area contributed by atoms with Gasteiger partial charge in [0, 0.05) is 17.8 Å². The Bertz CT molecular complexity index is 1070. The van der Waals surface area contributed by atoms with Gasteiger partial charge < -0.3 is 19.8 Å². The van der Waals surface area contributed by atoms with Crippen LogP contribution in [-0.4, -0.2) is 35.1 Å². The molecular formula is C19H19N3O4S. The van der Waals surface area contributed by atoms with E-state index in [1.54, 1.807) is 12.1 Å². The van der Waals surface area contributed by atoms with Gasteiger partial charge in [0.05, 0.1) is 5.39 Å². The van der Waals surface area contributed by atoms with Crippen molar-refractivity contribution in [1.29, 1.82) is 0 Å². The van der Waals surface area contributed by atoms with Crippen LogP contribution >= 0.6 is 11.3 Å². The first-order valence-electron chi connectivity index (χ1n) is 8.68. The number of benzene rings is 1. The van der Waals surface area contributed by atoms with E-state index in [2.05, 4.69) is 15.3 Å². The topological polar surface area (TPSA) is 93.3 Å². The Morgan fingerprint density at radius 1 is 1.33 bits per heavy atom. The number of para-hydroxylation sites is 2. The first kappa shape index (κ1) is 17.5. The van der Waals surface area contributed by atoms with Crippen LogP contribution in [0.25, 0.3) is 10.2 Å². The summed E-state index contributed by atoms with van der Waals surface area (Å²) in [4.78, 5) is 33.7.